The highest BCUT2D eigenvalue weighted by Gasteiger charge is 2.17. The second-order valence-corrected chi connectivity index (χ2v) is 6.33. The minimum Gasteiger partial charge on any atom is -0.468 e. The molecule has 0 spiro atoms. The van der Waals surface area contributed by atoms with Gasteiger partial charge in [-0.3, -0.25) is 4.79 Å². The van der Waals surface area contributed by atoms with Crippen LogP contribution in [0.5, 0.6) is 0 Å². The summed E-state index contributed by atoms with van der Waals surface area (Å²) < 4.78 is 18.7. The highest BCUT2D eigenvalue weighted by Crippen LogP contribution is 2.31. The van der Waals surface area contributed by atoms with Crippen LogP contribution in [0.15, 0.2) is 28.6 Å². The Kier molecular flexibility index (Phi) is 4.91. The summed E-state index contributed by atoms with van der Waals surface area (Å²) in [5, 5.41) is 10.8. The predicted octanol–water partition coefficient (Wildman–Crippen LogP) is 3.07. The molecule has 0 fully saturated rings. The average molecular weight is 313 g/mol. The summed E-state index contributed by atoms with van der Waals surface area (Å²) in [7, 11) is 1.34. The minimum atomic E-state index is -0.366. The van der Waals surface area contributed by atoms with Crippen molar-refractivity contribution in [2.24, 2.45) is 0 Å². The Bertz CT molecular complexity index is 606. The number of ether oxygens (including phenoxy) is 1. The fourth-order valence-corrected chi connectivity index (χ4v) is 3.29. The van der Waals surface area contributed by atoms with Crippen LogP contribution in [-0.2, 0) is 9.53 Å². The van der Waals surface area contributed by atoms with Gasteiger partial charge in [0.25, 0.3) is 0 Å². The molecular formula is C12H12FN3O2S2. The zero-order valence-corrected chi connectivity index (χ0v) is 12.4. The Labute approximate surface area is 123 Å². The Morgan fingerprint density at radius 3 is 2.90 bits per heavy atom. The molecule has 2 rings (SSSR count). The van der Waals surface area contributed by atoms with E-state index in [1.54, 1.807) is 25.1 Å². The zero-order chi connectivity index (χ0) is 14.5. The van der Waals surface area contributed by atoms with Gasteiger partial charge in [0.15, 0.2) is 4.34 Å². The number of esters is 1. The van der Waals surface area contributed by atoms with E-state index in [2.05, 4.69) is 20.3 Å². The maximum atomic E-state index is 13.5. The van der Waals surface area contributed by atoms with Crippen LogP contribution in [-0.4, -0.2) is 28.5 Å². The number of thioether (sulfide) groups is 1. The largest absolute Gasteiger partial charge is 0.468 e. The van der Waals surface area contributed by atoms with Gasteiger partial charge in [0.1, 0.15) is 11.1 Å². The lowest BCUT2D eigenvalue weighted by Gasteiger charge is -2.04. The first-order valence-electron chi connectivity index (χ1n) is 5.69. The molecule has 1 aromatic heterocycles. The van der Waals surface area contributed by atoms with E-state index >= 15 is 0 Å². The molecule has 20 heavy (non-hydrogen) atoms. The molecule has 0 aliphatic heterocycles. The molecule has 0 bridgehead atoms. The van der Waals surface area contributed by atoms with Crippen LogP contribution in [0.2, 0.25) is 0 Å². The zero-order valence-electron chi connectivity index (χ0n) is 10.8. The number of nitrogens with one attached hydrogen (secondary N) is 1. The lowest BCUT2D eigenvalue weighted by Crippen LogP contribution is -2.14. The molecule has 0 aliphatic carbocycles. The van der Waals surface area contributed by atoms with Crippen LogP contribution >= 0.6 is 23.1 Å². The third-order valence-corrected chi connectivity index (χ3v) is 4.33. The van der Waals surface area contributed by atoms with E-state index in [-0.39, 0.29) is 17.0 Å². The normalized spacial score (nSPS) is 11.9. The van der Waals surface area contributed by atoms with E-state index in [0.29, 0.717) is 15.2 Å². The lowest BCUT2D eigenvalue weighted by atomic mass is 10.3. The van der Waals surface area contributed by atoms with Gasteiger partial charge < -0.3 is 10.1 Å². The number of rotatable bonds is 5. The van der Waals surface area contributed by atoms with E-state index in [0.717, 1.165) is 0 Å². The van der Waals surface area contributed by atoms with Crippen molar-refractivity contribution in [2.75, 3.05) is 12.4 Å². The molecule has 1 N–H and O–H groups in total. The molecule has 1 atom stereocenters. The van der Waals surface area contributed by atoms with Crippen molar-refractivity contribution in [2.45, 2.75) is 16.5 Å². The summed E-state index contributed by atoms with van der Waals surface area (Å²) in [6.45, 7) is 1.72. The maximum Gasteiger partial charge on any atom is 0.318 e. The number of methoxy groups -OCH3 is 1. The predicted molar refractivity (Wildman–Crippen MR) is 76.9 cm³/mol. The van der Waals surface area contributed by atoms with Crippen molar-refractivity contribution >= 4 is 39.9 Å². The Morgan fingerprint density at radius 1 is 1.45 bits per heavy atom. The SMILES string of the molecule is COC(=O)[C@H](C)Sc1nnc(Nc2ccccc2F)s1. The molecule has 0 saturated carbocycles. The number of carbonyl (C=O) groups excluding carboxylic acids is 1. The number of anilines is 2. The number of halogens is 1. The van der Waals surface area contributed by atoms with Crippen molar-refractivity contribution in [1.29, 1.82) is 0 Å². The number of carbonyl (C=O) groups is 1. The van der Waals surface area contributed by atoms with Crippen molar-refractivity contribution in [1.82, 2.24) is 10.2 Å². The van der Waals surface area contributed by atoms with Crippen molar-refractivity contribution < 1.29 is 13.9 Å². The number of benzene rings is 1. The van der Waals surface area contributed by atoms with Gasteiger partial charge in [0, 0.05) is 0 Å². The summed E-state index contributed by atoms with van der Waals surface area (Å²) in [6, 6.07) is 6.31. The minimum absolute atomic E-state index is 0.325. The van der Waals surface area contributed by atoms with Gasteiger partial charge in [-0.2, -0.15) is 0 Å². The second kappa shape index (κ2) is 6.67. The van der Waals surface area contributed by atoms with Gasteiger partial charge in [0.2, 0.25) is 5.13 Å². The molecule has 2 aromatic rings. The number of aromatic nitrogens is 2. The molecule has 1 aromatic carbocycles. The molecule has 1 heterocycles. The average Bonchev–Trinajstić information content (AvgIpc) is 2.87. The third-order valence-electron chi connectivity index (χ3n) is 2.33. The van der Waals surface area contributed by atoms with Gasteiger partial charge in [-0.15, -0.1) is 10.2 Å². The molecule has 0 amide bonds. The van der Waals surface area contributed by atoms with Crippen LogP contribution < -0.4 is 5.32 Å². The molecule has 106 valence electrons. The van der Waals surface area contributed by atoms with Gasteiger partial charge in [0.05, 0.1) is 12.8 Å². The topological polar surface area (TPSA) is 64.1 Å². The van der Waals surface area contributed by atoms with Crippen molar-refractivity contribution in [3.8, 4) is 0 Å². The van der Waals surface area contributed by atoms with E-state index in [1.807, 2.05) is 0 Å². The van der Waals surface area contributed by atoms with Crippen LogP contribution in [0, 0.1) is 5.82 Å². The molecule has 0 aliphatic rings. The molecule has 0 radical (unpaired) electrons. The van der Waals surface area contributed by atoms with E-state index < -0.39 is 0 Å². The molecule has 5 nitrogen and oxygen atoms in total. The molecule has 8 heteroatoms. The quantitative estimate of drug-likeness (QED) is 0.676. The number of para-hydroxylation sites is 1. The standard InChI is InChI=1S/C12H12FN3O2S2/c1-7(10(17)18-2)19-12-16-15-11(20-12)14-9-6-4-3-5-8(9)13/h3-7H,1-2H3,(H,14,15)/t7-/m0/s1. The van der Waals surface area contributed by atoms with Crippen molar-refractivity contribution in [3.05, 3.63) is 30.1 Å². The number of hydrogen-bond donors (Lipinski definition) is 1. The highest BCUT2D eigenvalue weighted by atomic mass is 32.2. The summed E-state index contributed by atoms with van der Waals surface area (Å²) in [4.78, 5) is 11.3. The number of hydrogen-bond acceptors (Lipinski definition) is 7. The van der Waals surface area contributed by atoms with Gasteiger partial charge in [-0.05, 0) is 19.1 Å². The Morgan fingerprint density at radius 2 is 2.20 bits per heavy atom. The summed E-state index contributed by atoms with van der Waals surface area (Å²) in [5.74, 6) is -0.686. The molecular weight excluding hydrogens is 301 g/mol. The molecule has 0 saturated heterocycles. The summed E-state index contributed by atoms with van der Waals surface area (Å²) in [5.41, 5.74) is 0.334. The second-order valence-electron chi connectivity index (χ2n) is 3.76. The van der Waals surface area contributed by atoms with Gasteiger partial charge >= 0.3 is 5.97 Å². The van der Waals surface area contributed by atoms with Crippen LogP contribution in [0.25, 0.3) is 0 Å². The van der Waals surface area contributed by atoms with Crippen molar-refractivity contribution in [3.63, 3.8) is 0 Å². The third kappa shape index (κ3) is 3.67. The number of nitrogens with zero attached hydrogens (tertiary/aromatic N) is 2. The smallest absolute Gasteiger partial charge is 0.318 e. The van der Waals surface area contributed by atoms with Crippen LogP contribution in [0.3, 0.4) is 0 Å². The first-order valence-corrected chi connectivity index (χ1v) is 7.39. The Balaban J connectivity index is 2.03. The monoisotopic (exact) mass is 313 g/mol. The van der Waals surface area contributed by atoms with Crippen LogP contribution in [0.1, 0.15) is 6.92 Å². The van der Waals surface area contributed by atoms with E-state index in [9.17, 15) is 9.18 Å². The van der Waals surface area contributed by atoms with Crippen LogP contribution in [0.4, 0.5) is 15.2 Å². The molecule has 0 unspecified atom stereocenters. The van der Waals surface area contributed by atoms with E-state index in [1.165, 1.54) is 36.3 Å². The highest BCUT2D eigenvalue weighted by molar-refractivity contribution is 8.02. The summed E-state index contributed by atoms with van der Waals surface area (Å²) in [6.07, 6.45) is 0. The fraction of sp³-hybridized carbons (Fsp3) is 0.250. The summed E-state index contributed by atoms with van der Waals surface area (Å²) >= 11 is 2.50. The van der Waals surface area contributed by atoms with Gasteiger partial charge in [-0.25, -0.2) is 4.39 Å². The van der Waals surface area contributed by atoms with E-state index in [4.69, 9.17) is 0 Å². The van der Waals surface area contributed by atoms with Gasteiger partial charge in [-0.1, -0.05) is 35.2 Å². The Hall–Kier alpha value is -1.67. The fourth-order valence-electron chi connectivity index (χ4n) is 1.35. The lowest BCUT2D eigenvalue weighted by molar-refractivity contribution is -0.139. The first kappa shape index (κ1) is 14.7. The maximum absolute atomic E-state index is 13.5. The first-order chi connectivity index (χ1) is 9.60.